The molecule has 3 atom stereocenters. The van der Waals surface area contributed by atoms with Crippen LogP contribution >= 0.6 is 0 Å². The number of para-hydroxylation sites is 1. The van der Waals surface area contributed by atoms with Gasteiger partial charge in [-0.2, -0.15) is 0 Å². The monoisotopic (exact) mass is 494 g/mol. The fourth-order valence-electron chi connectivity index (χ4n) is 4.03. The maximum absolute atomic E-state index is 13.1. The van der Waals surface area contributed by atoms with Gasteiger partial charge < -0.3 is 37.9 Å². The van der Waals surface area contributed by atoms with Gasteiger partial charge in [0.15, 0.2) is 0 Å². The van der Waals surface area contributed by atoms with Crippen LogP contribution in [0.2, 0.25) is 0 Å². The molecule has 3 amide bonds. The van der Waals surface area contributed by atoms with Gasteiger partial charge in [-0.25, -0.2) is 0 Å². The third-order valence-corrected chi connectivity index (χ3v) is 6.07. The van der Waals surface area contributed by atoms with Crippen LogP contribution in [0.5, 0.6) is 5.75 Å². The van der Waals surface area contributed by atoms with Crippen molar-refractivity contribution in [2.45, 2.75) is 50.2 Å². The first-order valence-corrected chi connectivity index (χ1v) is 12.0. The number of unbranched alkanes of at least 4 members (excludes halogenated alkanes) is 1. The van der Waals surface area contributed by atoms with E-state index in [1.165, 1.54) is 12.1 Å². The van der Waals surface area contributed by atoms with Crippen LogP contribution in [0.3, 0.4) is 0 Å². The van der Waals surface area contributed by atoms with Crippen molar-refractivity contribution in [3.8, 4) is 5.75 Å². The molecule has 1 heterocycles. The molecular weight excluding hydrogens is 460 g/mol. The Balaban J connectivity index is 1.66. The van der Waals surface area contributed by atoms with Crippen LogP contribution in [0.25, 0.3) is 10.9 Å². The summed E-state index contributed by atoms with van der Waals surface area (Å²) in [6.45, 7) is 0.452. The van der Waals surface area contributed by atoms with E-state index >= 15 is 0 Å². The highest BCUT2D eigenvalue weighted by molar-refractivity contribution is 5.93. The number of amides is 3. The Kier molecular flexibility index (Phi) is 9.43. The number of aromatic hydroxyl groups is 1. The Morgan fingerprint density at radius 2 is 1.61 bits per heavy atom. The molecule has 1 aromatic heterocycles. The van der Waals surface area contributed by atoms with Crippen molar-refractivity contribution in [3.05, 3.63) is 65.9 Å². The van der Waals surface area contributed by atoms with Crippen LogP contribution in [0.15, 0.2) is 54.7 Å². The van der Waals surface area contributed by atoms with E-state index in [9.17, 15) is 19.5 Å². The number of nitrogens with two attached hydrogens (primary N) is 3. The predicted molar refractivity (Wildman–Crippen MR) is 138 cm³/mol. The number of primary amides is 1. The van der Waals surface area contributed by atoms with Crippen LogP contribution in [-0.4, -0.2) is 52.5 Å². The first kappa shape index (κ1) is 26.7. The quantitative estimate of drug-likeness (QED) is 0.170. The van der Waals surface area contributed by atoms with Gasteiger partial charge in [-0.3, -0.25) is 14.4 Å². The van der Waals surface area contributed by atoms with E-state index in [4.69, 9.17) is 17.2 Å². The molecule has 0 saturated carbocycles. The fourth-order valence-corrected chi connectivity index (χ4v) is 4.03. The van der Waals surface area contributed by atoms with Crippen LogP contribution in [0.4, 0.5) is 0 Å². The number of aromatic nitrogens is 1. The van der Waals surface area contributed by atoms with Crippen molar-refractivity contribution in [1.82, 2.24) is 15.6 Å². The number of nitrogens with one attached hydrogen (secondary N) is 3. The minimum atomic E-state index is -0.990. The molecular formula is C26H34N6O4. The molecule has 0 aliphatic carbocycles. The smallest absolute Gasteiger partial charge is 0.243 e. The minimum Gasteiger partial charge on any atom is -0.508 e. The topological polar surface area (TPSA) is 189 Å². The standard InChI is InChI=1S/C26H34N6O4/c27-12-4-3-7-22(26(36)32-23(24(29)34)13-16-8-10-18(33)11-9-16)31-25(35)20(28)14-17-15-30-21-6-2-1-5-19(17)21/h1-2,5-6,8-11,15,20,22-23,30,33H,3-4,7,12-14,27-28H2,(H2,29,34)(H,31,35)(H,32,36)/t20-,22-,23-/m0/s1. The number of fused-ring (bicyclic) bond motifs is 1. The highest BCUT2D eigenvalue weighted by atomic mass is 16.3. The Morgan fingerprint density at radius 1 is 0.917 bits per heavy atom. The number of hydrogen-bond acceptors (Lipinski definition) is 6. The molecule has 10 nitrogen and oxygen atoms in total. The first-order chi connectivity index (χ1) is 17.3. The molecule has 10 heteroatoms. The summed E-state index contributed by atoms with van der Waals surface area (Å²) < 4.78 is 0. The van der Waals surface area contributed by atoms with Crippen molar-refractivity contribution in [2.24, 2.45) is 17.2 Å². The van der Waals surface area contributed by atoms with Gasteiger partial charge in [0.2, 0.25) is 17.7 Å². The average molecular weight is 495 g/mol. The lowest BCUT2D eigenvalue weighted by molar-refractivity contribution is -0.131. The zero-order chi connectivity index (χ0) is 26.1. The molecule has 0 unspecified atom stereocenters. The van der Waals surface area contributed by atoms with Crippen LogP contribution < -0.4 is 27.8 Å². The lowest BCUT2D eigenvalue weighted by Gasteiger charge is -2.23. The van der Waals surface area contributed by atoms with Crippen molar-refractivity contribution in [2.75, 3.05) is 6.54 Å². The van der Waals surface area contributed by atoms with Gasteiger partial charge in [0, 0.05) is 23.5 Å². The van der Waals surface area contributed by atoms with E-state index in [2.05, 4.69) is 15.6 Å². The number of aromatic amines is 1. The van der Waals surface area contributed by atoms with Crippen molar-refractivity contribution >= 4 is 28.6 Å². The fraction of sp³-hybridized carbons (Fsp3) is 0.346. The summed E-state index contributed by atoms with van der Waals surface area (Å²) in [5, 5.41) is 15.8. The minimum absolute atomic E-state index is 0.0880. The van der Waals surface area contributed by atoms with Crippen LogP contribution in [-0.2, 0) is 27.2 Å². The Bertz CT molecular complexity index is 1180. The molecule has 2 aromatic carbocycles. The zero-order valence-electron chi connectivity index (χ0n) is 20.1. The number of phenolic OH excluding ortho intramolecular Hbond substituents is 1. The summed E-state index contributed by atoms with van der Waals surface area (Å²) in [6.07, 6.45) is 3.87. The summed E-state index contributed by atoms with van der Waals surface area (Å²) in [6, 6.07) is 11.2. The highest BCUT2D eigenvalue weighted by Gasteiger charge is 2.27. The lowest BCUT2D eigenvalue weighted by Crippen LogP contribution is -2.56. The number of hydrogen-bond donors (Lipinski definition) is 7. The van der Waals surface area contributed by atoms with E-state index in [1.54, 1.807) is 12.1 Å². The molecule has 0 spiro atoms. The Labute approximate surface area is 209 Å². The summed E-state index contributed by atoms with van der Waals surface area (Å²) in [7, 11) is 0. The number of rotatable bonds is 13. The average Bonchev–Trinajstić information content (AvgIpc) is 3.26. The normalized spacial score (nSPS) is 13.6. The largest absolute Gasteiger partial charge is 0.508 e. The second-order valence-electron chi connectivity index (χ2n) is 8.85. The number of H-pyrrole nitrogens is 1. The molecule has 0 fully saturated rings. The molecule has 3 rings (SSSR count). The predicted octanol–water partition coefficient (Wildman–Crippen LogP) is 0.570. The van der Waals surface area contributed by atoms with E-state index < -0.39 is 35.8 Å². The maximum Gasteiger partial charge on any atom is 0.243 e. The second kappa shape index (κ2) is 12.7. The molecule has 0 aliphatic heterocycles. The van der Waals surface area contributed by atoms with Crippen molar-refractivity contribution in [3.63, 3.8) is 0 Å². The molecule has 0 aliphatic rings. The SMILES string of the molecule is NCCCC[C@H](NC(=O)[C@@H](N)Cc1c[nH]c2ccccc12)C(=O)N[C@@H](Cc1ccc(O)cc1)C(N)=O. The van der Waals surface area contributed by atoms with Crippen LogP contribution in [0, 0.1) is 0 Å². The number of benzene rings is 2. The number of phenols is 1. The maximum atomic E-state index is 13.1. The highest BCUT2D eigenvalue weighted by Crippen LogP contribution is 2.19. The molecule has 36 heavy (non-hydrogen) atoms. The van der Waals surface area contributed by atoms with E-state index in [0.717, 1.165) is 16.5 Å². The molecule has 3 aromatic rings. The van der Waals surface area contributed by atoms with Gasteiger partial charge in [-0.05, 0) is 61.6 Å². The molecule has 0 radical (unpaired) electrons. The van der Waals surface area contributed by atoms with Gasteiger partial charge in [0.05, 0.1) is 6.04 Å². The Morgan fingerprint density at radius 3 is 2.31 bits per heavy atom. The summed E-state index contributed by atoms with van der Waals surface area (Å²) >= 11 is 0. The summed E-state index contributed by atoms with van der Waals surface area (Å²) in [4.78, 5) is 41.2. The summed E-state index contributed by atoms with van der Waals surface area (Å²) in [5.41, 5.74) is 19.9. The first-order valence-electron chi connectivity index (χ1n) is 12.0. The van der Waals surface area contributed by atoms with Gasteiger partial charge in [-0.1, -0.05) is 30.3 Å². The lowest BCUT2D eigenvalue weighted by atomic mass is 10.0. The zero-order valence-corrected chi connectivity index (χ0v) is 20.1. The van der Waals surface area contributed by atoms with Gasteiger partial charge in [0.1, 0.15) is 17.8 Å². The van der Waals surface area contributed by atoms with Crippen molar-refractivity contribution < 1.29 is 19.5 Å². The molecule has 0 bridgehead atoms. The number of carbonyl (C=O) groups excluding carboxylic acids is 3. The second-order valence-corrected chi connectivity index (χ2v) is 8.85. The Hall–Kier alpha value is -3.89. The van der Waals surface area contributed by atoms with Gasteiger partial charge in [-0.15, -0.1) is 0 Å². The number of carbonyl (C=O) groups is 3. The van der Waals surface area contributed by atoms with Gasteiger partial charge in [0.25, 0.3) is 0 Å². The molecule has 192 valence electrons. The third-order valence-electron chi connectivity index (χ3n) is 6.07. The molecule has 0 saturated heterocycles. The van der Waals surface area contributed by atoms with Crippen molar-refractivity contribution in [1.29, 1.82) is 0 Å². The third kappa shape index (κ3) is 7.30. The van der Waals surface area contributed by atoms with E-state index in [-0.39, 0.29) is 18.6 Å². The summed E-state index contributed by atoms with van der Waals surface area (Å²) in [5.74, 6) is -1.62. The molecule has 10 N–H and O–H groups in total. The van der Waals surface area contributed by atoms with Gasteiger partial charge >= 0.3 is 0 Å². The van der Waals surface area contributed by atoms with E-state index in [0.29, 0.717) is 31.4 Å². The van der Waals surface area contributed by atoms with E-state index in [1.807, 2.05) is 30.5 Å². The van der Waals surface area contributed by atoms with Crippen LogP contribution in [0.1, 0.15) is 30.4 Å².